The summed E-state index contributed by atoms with van der Waals surface area (Å²) in [5.74, 6) is 0.430. The number of hydrogen-bond acceptors (Lipinski definition) is 1. The number of halogens is 2. The average Bonchev–Trinajstić information content (AvgIpc) is 2.27. The maximum absolute atomic E-state index is 13.0. The second kappa shape index (κ2) is 7.37. The highest BCUT2D eigenvalue weighted by Crippen LogP contribution is 2.08. The molecule has 1 amide bonds. The monoisotopic (exact) mass is 271 g/mol. The van der Waals surface area contributed by atoms with Gasteiger partial charge in [-0.15, -0.1) is 11.6 Å². The van der Waals surface area contributed by atoms with E-state index in [9.17, 15) is 9.18 Å². The molecule has 1 rings (SSSR count). The largest absolute Gasteiger partial charge is 0.352 e. The van der Waals surface area contributed by atoms with Crippen LogP contribution in [-0.2, 0) is 11.2 Å². The van der Waals surface area contributed by atoms with E-state index in [0.29, 0.717) is 17.4 Å². The number of amides is 1. The first-order chi connectivity index (χ1) is 8.51. The van der Waals surface area contributed by atoms with Crippen molar-refractivity contribution in [2.75, 3.05) is 5.88 Å². The van der Waals surface area contributed by atoms with Crippen molar-refractivity contribution in [1.82, 2.24) is 5.32 Å². The van der Waals surface area contributed by atoms with Gasteiger partial charge in [0.1, 0.15) is 5.82 Å². The summed E-state index contributed by atoms with van der Waals surface area (Å²) in [7, 11) is 0. The number of alkyl halides is 1. The highest BCUT2D eigenvalue weighted by atomic mass is 35.5. The first-order valence-corrected chi connectivity index (χ1v) is 6.64. The van der Waals surface area contributed by atoms with Gasteiger partial charge in [-0.05, 0) is 30.0 Å². The summed E-state index contributed by atoms with van der Waals surface area (Å²) in [6, 6.07) is 6.05. The molecule has 0 bridgehead atoms. The standard InChI is InChI=1S/C14H19ClFNO/c1-10(2)6-13(9-15)17-14(18)8-11-4-3-5-12(16)7-11/h3-5,7,10,13H,6,8-9H2,1-2H3,(H,17,18). The topological polar surface area (TPSA) is 29.1 Å². The molecule has 1 atom stereocenters. The molecule has 0 saturated heterocycles. The van der Waals surface area contributed by atoms with Gasteiger partial charge in [0, 0.05) is 11.9 Å². The first kappa shape index (κ1) is 15.0. The highest BCUT2D eigenvalue weighted by molar-refractivity contribution is 6.18. The smallest absolute Gasteiger partial charge is 0.224 e. The number of carbonyl (C=O) groups excluding carboxylic acids is 1. The van der Waals surface area contributed by atoms with Crippen LogP contribution in [0.3, 0.4) is 0 Å². The zero-order valence-electron chi connectivity index (χ0n) is 10.7. The third-order valence-electron chi connectivity index (χ3n) is 2.56. The normalized spacial score (nSPS) is 12.5. The molecule has 0 aliphatic rings. The summed E-state index contributed by atoms with van der Waals surface area (Å²) in [6.45, 7) is 4.16. The molecule has 0 radical (unpaired) electrons. The molecule has 0 spiro atoms. The Hall–Kier alpha value is -1.09. The van der Waals surface area contributed by atoms with Crippen LogP contribution in [0.1, 0.15) is 25.8 Å². The zero-order chi connectivity index (χ0) is 13.5. The van der Waals surface area contributed by atoms with E-state index in [1.807, 2.05) is 0 Å². The van der Waals surface area contributed by atoms with Crippen LogP contribution in [0, 0.1) is 11.7 Å². The summed E-state index contributed by atoms with van der Waals surface area (Å²) in [5, 5.41) is 2.87. The molecular formula is C14H19ClFNO. The van der Waals surface area contributed by atoms with Crippen molar-refractivity contribution in [2.24, 2.45) is 5.92 Å². The van der Waals surface area contributed by atoms with Gasteiger partial charge in [0.25, 0.3) is 0 Å². The minimum Gasteiger partial charge on any atom is -0.352 e. The van der Waals surface area contributed by atoms with Crippen molar-refractivity contribution < 1.29 is 9.18 Å². The highest BCUT2D eigenvalue weighted by Gasteiger charge is 2.13. The third kappa shape index (κ3) is 5.50. The first-order valence-electron chi connectivity index (χ1n) is 6.11. The van der Waals surface area contributed by atoms with Crippen molar-refractivity contribution in [1.29, 1.82) is 0 Å². The Bertz CT molecular complexity index is 395. The number of benzene rings is 1. The van der Waals surface area contributed by atoms with Crippen LogP contribution < -0.4 is 5.32 Å². The van der Waals surface area contributed by atoms with Crippen LogP contribution in [0.25, 0.3) is 0 Å². The molecule has 0 saturated carbocycles. The van der Waals surface area contributed by atoms with Crippen molar-refractivity contribution in [3.05, 3.63) is 35.6 Å². The Balaban J connectivity index is 2.50. The van der Waals surface area contributed by atoms with Gasteiger partial charge in [0.05, 0.1) is 6.42 Å². The van der Waals surface area contributed by atoms with Gasteiger partial charge in [0.15, 0.2) is 0 Å². The Morgan fingerprint density at radius 1 is 1.44 bits per heavy atom. The van der Waals surface area contributed by atoms with Crippen molar-refractivity contribution in [3.8, 4) is 0 Å². The molecule has 2 nitrogen and oxygen atoms in total. The van der Waals surface area contributed by atoms with Crippen molar-refractivity contribution >= 4 is 17.5 Å². The molecule has 0 fully saturated rings. The zero-order valence-corrected chi connectivity index (χ0v) is 11.5. The van der Waals surface area contributed by atoms with E-state index < -0.39 is 0 Å². The van der Waals surface area contributed by atoms with Gasteiger partial charge in [-0.1, -0.05) is 26.0 Å². The summed E-state index contributed by atoms with van der Waals surface area (Å²) in [4.78, 5) is 11.8. The van der Waals surface area contributed by atoms with E-state index in [-0.39, 0.29) is 24.2 Å². The molecule has 0 aromatic heterocycles. The van der Waals surface area contributed by atoms with Crippen LogP contribution in [-0.4, -0.2) is 17.8 Å². The molecule has 100 valence electrons. The summed E-state index contributed by atoms with van der Waals surface area (Å²) >= 11 is 5.81. The Morgan fingerprint density at radius 3 is 2.72 bits per heavy atom. The molecule has 1 unspecified atom stereocenters. The van der Waals surface area contributed by atoms with Gasteiger partial charge < -0.3 is 5.32 Å². The maximum atomic E-state index is 13.0. The van der Waals surface area contributed by atoms with Gasteiger partial charge in [-0.25, -0.2) is 4.39 Å². The minimum atomic E-state index is -0.323. The second-order valence-corrected chi connectivity index (χ2v) is 5.16. The maximum Gasteiger partial charge on any atom is 0.224 e. The lowest BCUT2D eigenvalue weighted by molar-refractivity contribution is -0.121. The molecule has 4 heteroatoms. The van der Waals surface area contributed by atoms with Crippen LogP contribution in [0.2, 0.25) is 0 Å². The number of rotatable bonds is 6. The molecule has 1 aromatic carbocycles. The molecule has 0 aliphatic heterocycles. The van der Waals surface area contributed by atoms with E-state index >= 15 is 0 Å². The molecule has 18 heavy (non-hydrogen) atoms. The lowest BCUT2D eigenvalue weighted by Gasteiger charge is -2.18. The summed E-state index contributed by atoms with van der Waals surface area (Å²) < 4.78 is 13.0. The Labute approximate surface area is 113 Å². The predicted octanol–water partition coefficient (Wildman–Crippen LogP) is 3.14. The van der Waals surface area contributed by atoms with Gasteiger partial charge in [0.2, 0.25) is 5.91 Å². The second-order valence-electron chi connectivity index (χ2n) is 4.85. The van der Waals surface area contributed by atoms with Crippen LogP contribution in [0.15, 0.2) is 24.3 Å². The van der Waals surface area contributed by atoms with E-state index in [1.165, 1.54) is 12.1 Å². The Kier molecular flexibility index (Phi) is 6.13. The fourth-order valence-corrected chi connectivity index (χ4v) is 2.04. The number of nitrogens with one attached hydrogen (secondary N) is 1. The average molecular weight is 272 g/mol. The van der Waals surface area contributed by atoms with Crippen molar-refractivity contribution in [2.45, 2.75) is 32.7 Å². The van der Waals surface area contributed by atoms with Gasteiger partial charge in [-0.3, -0.25) is 4.79 Å². The Morgan fingerprint density at radius 2 is 2.17 bits per heavy atom. The van der Waals surface area contributed by atoms with E-state index in [2.05, 4.69) is 19.2 Å². The third-order valence-corrected chi connectivity index (χ3v) is 2.93. The SMILES string of the molecule is CC(C)CC(CCl)NC(=O)Cc1cccc(F)c1. The lowest BCUT2D eigenvalue weighted by Crippen LogP contribution is -2.38. The van der Waals surface area contributed by atoms with Crippen LogP contribution >= 0.6 is 11.6 Å². The summed E-state index contributed by atoms with van der Waals surface area (Å²) in [5.41, 5.74) is 0.672. The minimum absolute atomic E-state index is 0.0206. The molecule has 1 N–H and O–H groups in total. The molecule has 1 aromatic rings. The van der Waals surface area contributed by atoms with Crippen LogP contribution in [0.4, 0.5) is 4.39 Å². The fourth-order valence-electron chi connectivity index (χ4n) is 1.84. The van der Waals surface area contributed by atoms with E-state index in [4.69, 9.17) is 11.6 Å². The fraction of sp³-hybridized carbons (Fsp3) is 0.500. The van der Waals surface area contributed by atoms with E-state index in [1.54, 1.807) is 12.1 Å². The van der Waals surface area contributed by atoms with Gasteiger partial charge in [-0.2, -0.15) is 0 Å². The predicted molar refractivity (Wildman–Crippen MR) is 72.2 cm³/mol. The van der Waals surface area contributed by atoms with Gasteiger partial charge >= 0.3 is 0 Å². The molecule has 0 heterocycles. The van der Waals surface area contributed by atoms with Crippen LogP contribution in [0.5, 0.6) is 0 Å². The number of carbonyl (C=O) groups is 1. The van der Waals surface area contributed by atoms with Crippen molar-refractivity contribution in [3.63, 3.8) is 0 Å². The molecule has 0 aliphatic carbocycles. The molecular weight excluding hydrogens is 253 g/mol. The quantitative estimate of drug-likeness (QED) is 0.792. The lowest BCUT2D eigenvalue weighted by atomic mass is 10.0. The summed E-state index contributed by atoms with van der Waals surface area (Å²) in [6.07, 6.45) is 1.03. The number of hydrogen-bond donors (Lipinski definition) is 1. The van der Waals surface area contributed by atoms with E-state index in [0.717, 1.165) is 6.42 Å².